The fraction of sp³-hybridized carbons (Fsp3) is 0.280. The molecule has 0 N–H and O–H groups in total. The van der Waals surface area contributed by atoms with Crippen molar-refractivity contribution in [3.63, 3.8) is 0 Å². The predicted molar refractivity (Wildman–Crippen MR) is 123 cm³/mol. The first-order chi connectivity index (χ1) is 15.0. The highest BCUT2D eigenvalue weighted by atomic mass is 32.2. The van der Waals surface area contributed by atoms with Gasteiger partial charge in [0.05, 0.1) is 31.2 Å². The zero-order valence-electron chi connectivity index (χ0n) is 17.6. The Balaban J connectivity index is 2.89. The van der Waals surface area contributed by atoms with Crippen molar-refractivity contribution in [3.05, 3.63) is 55.1 Å². The van der Waals surface area contributed by atoms with E-state index in [1.54, 1.807) is 36.4 Å². The van der Waals surface area contributed by atoms with Crippen LogP contribution in [0, 0.1) is 54.3 Å². The average Bonchev–Trinajstić information content (AvgIpc) is 2.76. The summed E-state index contributed by atoms with van der Waals surface area (Å²) in [6.07, 6.45) is 3.25. The summed E-state index contributed by atoms with van der Waals surface area (Å²) in [5, 5.41) is 0. The molecular weight excluding hydrogens is 410 g/mol. The topological polar surface area (TPSA) is 55.8 Å². The maximum absolute atomic E-state index is 13.0. The fourth-order valence-corrected chi connectivity index (χ4v) is 3.22. The van der Waals surface area contributed by atoms with E-state index in [1.165, 1.54) is 4.31 Å². The van der Waals surface area contributed by atoms with Crippen LogP contribution < -0.4 is 0 Å². The highest BCUT2D eigenvalue weighted by Gasteiger charge is 2.22. The molecule has 160 valence electrons. The van der Waals surface area contributed by atoms with Crippen molar-refractivity contribution in [1.29, 1.82) is 0 Å². The molecule has 0 aliphatic rings. The molecule has 0 saturated heterocycles. The van der Waals surface area contributed by atoms with Gasteiger partial charge in [0.1, 0.15) is 13.2 Å². The maximum Gasteiger partial charge on any atom is 0.244 e. The van der Waals surface area contributed by atoms with E-state index < -0.39 is 10.0 Å². The van der Waals surface area contributed by atoms with E-state index in [-0.39, 0.29) is 31.2 Å². The minimum atomic E-state index is -3.77. The van der Waals surface area contributed by atoms with Gasteiger partial charge in [-0.15, -0.1) is 13.2 Å². The summed E-state index contributed by atoms with van der Waals surface area (Å²) in [6, 6.07) is 6.61. The molecule has 5 nitrogen and oxygen atoms in total. The van der Waals surface area contributed by atoms with Crippen molar-refractivity contribution in [2.75, 3.05) is 39.5 Å². The van der Waals surface area contributed by atoms with E-state index in [4.69, 9.17) is 9.47 Å². The number of hydrogen-bond acceptors (Lipinski definition) is 4. The lowest BCUT2D eigenvalue weighted by molar-refractivity contribution is 0.199. The summed E-state index contributed by atoms with van der Waals surface area (Å²) in [4.78, 5) is 0.175. The highest BCUT2D eigenvalue weighted by molar-refractivity contribution is 7.89. The molecule has 31 heavy (non-hydrogen) atoms. The third-order valence-electron chi connectivity index (χ3n) is 3.47. The number of rotatable bonds is 10. The lowest BCUT2D eigenvalue weighted by Crippen LogP contribution is -2.32. The molecule has 0 aliphatic carbocycles. The van der Waals surface area contributed by atoms with Gasteiger partial charge in [-0.3, -0.25) is 0 Å². The Labute approximate surface area is 186 Å². The summed E-state index contributed by atoms with van der Waals surface area (Å²) in [5.41, 5.74) is 0.966. The second-order valence-electron chi connectivity index (χ2n) is 5.90. The monoisotopic (exact) mass is 435 g/mol. The fourth-order valence-electron chi connectivity index (χ4n) is 1.98. The first kappa shape index (κ1) is 25.8. The van der Waals surface area contributed by atoms with Crippen LogP contribution in [-0.2, 0) is 19.5 Å². The summed E-state index contributed by atoms with van der Waals surface area (Å²) < 4.78 is 37.4. The number of ether oxygens (including phenoxy) is 2. The summed E-state index contributed by atoms with van der Waals surface area (Å²) in [5.74, 6) is 21.5. The van der Waals surface area contributed by atoms with E-state index in [2.05, 4.69) is 60.5 Å². The molecule has 0 fully saturated rings. The minimum absolute atomic E-state index is 0.0526. The first-order valence-electron chi connectivity index (χ1n) is 9.38. The van der Waals surface area contributed by atoms with E-state index in [9.17, 15) is 8.42 Å². The Kier molecular flexibility index (Phi) is 13.0. The van der Waals surface area contributed by atoms with Crippen molar-refractivity contribution >= 4 is 10.0 Å². The molecule has 0 aliphatic heterocycles. The molecule has 0 bridgehead atoms. The van der Waals surface area contributed by atoms with Crippen LogP contribution in [0.3, 0.4) is 0 Å². The zero-order chi connectivity index (χ0) is 22.8. The molecule has 0 saturated carbocycles. The predicted octanol–water partition coefficient (Wildman–Crippen LogP) is 2.40. The summed E-state index contributed by atoms with van der Waals surface area (Å²) >= 11 is 0. The van der Waals surface area contributed by atoms with Crippen molar-refractivity contribution in [3.8, 4) is 47.4 Å². The standard InChI is InChI=1S/C25H25NO4S/c1-4-20-29-22-12-8-6-10-18-26(19-11-7-9-13-23-30-21-5-2)31(27,28)25-16-14-24(3)15-17-25/h4-5,14-17H,1-2,18-23H2,3H3. The molecule has 1 rings (SSSR count). The molecule has 1 aromatic carbocycles. The molecule has 0 spiro atoms. The third-order valence-corrected chi connectivity index (χ3v) is 5.27. The van der Waals surface area contributed by atoms with E-state index in [0.717, 1.165) is 5.56 Å². The van der Waals surface area contributed by atoms with Gasteiger partial charge in [0.25, 0.3) is 0 Å². The number of hydrogen-bond donors (Lipinski definition) is 0. The highest BCUT2D eigenvalue weighted by Crippen LogP contribution is 2.15. The van der Waals surface area contributed by atoms with Gasteiger partial charge >= 0.3 is 0 Å². The Morgan fingerprint density at radius 3 is 1.74 bits per heavy atom. The van der Waals surface area contributed by atoms with Crippen LogP contribution in [0.5, 0.6) is 0 Å². The number of benzene rings is 1. The molecule has 0 heterocycles. The van der Waals surface area contributed by atoms with Crippen LogP contribution in [0.4, 0.5) is 0 Å². The van der Waals surface area contributed by atoms with Crippen molar-refractivity contribution in [2.45, 2.75) is 11.8 Å². The average molecular weight is 436 g/mol. The van der Waals surface area contributed by atoms with E-state index >= 15 is 0 Å². The first-order valence-corrected chi connectivity index (χ1v) is 10.8. The number of nitrogens with zero attached hydrogens (tertiary/aromatic N) is 1. The molecule has 1 aromatic rings. The van der Waals surface area contributed by atoms with Crippen LogP contribution in [0.15, 0.2) is 54.5 Å². The SMILES string of the molecule is C=CCOCC#CC#CCN(CC#CC#CCOCC=C)S(=O)(=O)c1ccc(C)cc1. The molecule has 0 atom stereocenters. The smallest absolute Gasteiger partial charge is 0.244 e. The molecular formula is C25H25NO4S. The van der Waals surface area contributed by atoms with Crippen molar-refractivity contribution < 1.29 is 17.9 Å². The van der Waals surface area contributed by atoms with Gasteiger partial charge in [-0.1, -0.05) is 53.5 Å². The number of aryl methyl sites for hydroxylation is 1. The quantitative estimate of drug-likeness (QED) is 0.322. The maximum atomic E-state index is 13.0. The van der Waals surface area contributed by atoms with Gasteiger partial charge in [-0.25, -0.2) is 8.42 Å². The van der Waals surface area contributed by atoms with Gasteiger partial charge in [-0.2, -0.15) is 4.31 Å². The van der Waals surface area contributed by atoms with Crippen LogP contribution >= 0.6 is 0 Å². The largest absolute Gasteiger partial charge is 0.365 e. The van der Waals surface area contributed by atoms with Gasteiger partial charge in [0.15, 0.2) is 0 Å². The molecule has 0 unspecified atom stereocenters. The van der Waals surface area contributed by atoms with Crippen molar-refractivity contribution in [2.24, 2.45) is 0 Å². The minimum Gasteiger partial charge on any atom is -0.365 e. The number of sulfonamides is 1. The van der Waals surface area contributed by atoms with Crippen molar-refractivity contribution in [1.82, 2.24) is 4.31 Å². The molecule has 0 amide bonds. The van der Waals surface area contributed by atoms with Gasteiger partial charge in [0.2, 0.25) is 10.0 Å². The Bertz CT molecular complexity index is 1020. The van der Waals surface area contributed by atoms with Gasteiger partial charge in [0, 0.05) is 0 Å². The normalized spacial score (nSPS) is 9.61. The lowest BCUT2D eigenvalue weighted by atomic mass is 10.2. The van der Waals surface area contributed by atoms with Crippen LogP contribution in [0.25, 0.3) is 0 Å². The Morgan fingerprint density at radius 1 is 0.839 bits per heavy atom. The Hall–Kier alpha value is -3.23. The molecule has 0 aromatic heterocycles. The lowest BCUT2D eigenvalue weighted by Gasteiger charge is -2.17. The summed E-state index contributed by atoms with van der Waals surface area (Å²) in [6.45, 7) is 10.1. The third kappa shape index (κ3) is 10.9. The summed E-state index contributed by atoms with van der Waals surface area (Å²) in [7, 11) is -3.77. The van der Waals surface area contributed by atoms with E-state index in [1.807, 2.05) is 6.92 Å². The van der Waals surface area contributed by atoms with Crippen LogP contribution in [-0.4, -0.2) is 52.2 Å². The second kappa shape index (κ2) is 15.6. The van der Waals surface area contributed by atoms with E-state index in [0.29, 0.717) is 13.2 Å². The van der Waals surface area contributed by atoms with Gasteiger partial charge in [-0.05, 0) is 42.7 Å². The Morgan fingerprint density at radius 2 is 1.29 bits per heavy atom. The van der Waals surface area contributed by atoms with Gasteiger partial charge < -0.3 is 9.47 Å². The van der Waals surface area contributed by atoms with Crippen LogP contribution in [0.1, 0.15) is 5.56 Å². The molecule has 0 radical (unpaired) electrons. The zero-order valence-corrected chi connectivity index (χ0v) is 18.4. The van der Waals surface area contributed by atoms with Crippen LogP contribution in [0.2, 0.25) is 0 Å². The molecule has 6 heteroatoms. The second-order valence-corrected chi connectivity index (χ2v) is 7.84.